The van der Waals surface area contributed by atoms with Crippen LogP contribution >= 0.6 is 79.4 Å². The van der Waals surface area contributed by atoms with E-state index in [2.05, 4.69) is 102 Å². The van der Waals surface area contributed by atoms with Gasteiger partial charge in [0.15, 0.2) is 0 Å². The van der Waals surface area contributed by atoms with Crippen LogP contribution in [0.3, 0.4) is 0 Å². The molecule has 0 amide bonds. The van der Waals surface area contributed by atoms with E-state index in [-0.39, 0.29) is 24.4 Å². The summed E-state index contributed by atoms with van der Waals surface area (Å²) in [4.78, 5) is 44.3. The molecule has 0 aromatic carbocycles. The lowest BCUT2D eigenvalue weighted by molar-refractivity contribution is -0.138. The van der Waals surface area contributed by atoms with Crippen LogP contribution < -0.4 is 0 Å². The maximum atomic E-state index is 13.0. The van der Waals surface area contributed by atoms with Gasteiger partial charge in [-0.15, -0.1) is 79.4 Å². The zero-order valence-electron chi connectivity index (χ0n) is 63.3. The van der Waals surface area contributed by atoms with E-state index in [1.807, 2.05) is 56.7 Å². The van der Waals surface area contributed by atoms with Gasteiger partial charge in [0.2, 0.25) is 0 Å². The third-order valence-corrected chi connectivity index (χ3v) is 28.6. The summed E-state index contributed by atoms with van der Waals surface area (Å²) in [6.07, 6.45) is 54.7. The summed E-state index contributed by atoms with van der Waals surface area (Å²) < 4.78 is 10.7. The van der Waals surface area contributed by atoms with E-state index in [0.29, 0.717) is 0 Å². The van der Waals surface area contributed by atoms with Gasteiger partial charge < -0.3 is 9.47 Å². The average molecular weight is 1500 g/mol. The van der Waals surface area contributed by atoms with Crippen LogP contribution in [0.2, 0.25) is 0 Å². The standard InChI is InChI=1S/C88H122N2O4S7/c1-9-17-23-29-35-41-47-65-55-73(57-71(63-89)87(91)93-15-7)95-83(65)77-61-69(51-45-39-33-27-21-13-5)85(100-77)79-59-67(49-43-37-31-25-19-11-3)81(98-79)75-53-54-76(97-75)82-68(50-44-38-32-26-20-12-4)60-80(99-82)86-70(52-46-40-34-28-22-14-6)62-78(101-86)84-66(48-42-36-30-24-18-10-2)56-74(96-84)58-72(64-90)88(92)94-16-8/h53-62H,9-52H2,1-8H3/b71-57-,72-58+. The average Bonchev–Trinajstić information content (AvgIpc) is 1.63. The Bertz CT molecular complexity index is 3450. The van der Waals surface area contributed by atoms with Crippen molar-refractivity contribution >= 4 is 103 Å². The van der Waals surface area contributed by atoms with E-state index in [1.165, 1.54) is 310 Å². The van der Waals surface area contributed by atoms with Gasteiger partial charge in [0.25, 0.3) is 0 Å². The molecule has 7 aromatic rings. The molecule has 0 aliphatic rings. The first-order valence-corrected chi connectivity index (χ1v) is 45.7. The molecule has 0 N–H and O–H groups in total. The number of carbonyl (C=O) groups is 2. The number of nitriles is 2. The lowest BCUT2D eigenvalue weighted by Gasteiger charge is -2.04. The first-order valence-electron chi connectivity index (χ1n) is 40.0. The fraction of sp³-hybridized carbons (Fsp3) is 0.591. The predicted molar refractivity (Wildman–Crippen MR) is 447 cm³/mol. The molecule has 0 aliphatic heterocycles. The third kappa shape index (κ3) is 27.3. The Morgan fingerprint density at radius 2 is 0.515 bits per heavy atom. The summed E-state index contributed by atoms with van der Waals surface area (Å²) in [5, 5.41) is 20.4. The summed E-state index contributed by atoms with van der Waals surface area (Å²) >= 11 is 13.5. The molecule has 0 spiro atoms. The molecule has 0 atom stereocenters. The Balaban J connectivity index is 1.34. The number of rotatable bonds is 54. The zero-order valence-corrected chi connectivity index (χ0v) is 69.0. The number of ether oxygens (including phenoxy) is 2. The predicted octanol–water partition coefficient (Wildman–Crippen LogP) is 30.5. The van der Waals surface area contributed by atoms with E-state index in [1.54, 1.807) is 48.7 Å². The van der Waals surface area contributed by atoms with Gasteiger partial charge in [0.1, 0.15) is 23.3 Å². The second-order valence-electron chi connectivity index (χ2n) is 27.9. The molecule has 7 heterocycles. The molecule has 101 heavy (non-hydrogen) atoms. The quantitative estimate of drug-likeness (QED) is 0.0163. The Morgan fingerprint density at radius 3 is 0.752 bits per heavy atom. The molecule has 13 heteroatoms. The van der Waals surface area contributed by atoms with E-state index in [0.717, 1.165) is 61.1 Å². The first kappa shape index (κ1) is 83.6. The number of hydrogen-bond donors (Lipinski definition) is 0. The summed E-state index contributed by atoms with van der Waals surface area (Å²) in [6, 6.07) is 24.0. The summed E-state index contributed by atoms with van der Waals surface area (Å²) in [6.45, 7) is 17.8. The van der Waals surface area contributed by atoms with E-state index in [4.69, 9.17) is 9.47 Å². The summed E-state index contributed by atoms with van der Waals surface area (Å²) in [5.41, 5.74) is 8.64. The third-order valence-electron chi connectivity index (χ3n) is 19.4. The van der Waals surface area contributed by atoms with Crippen molar-refractivity contribution in [1.82, 2.24) is 0 Å². The SMILES string of the molecule is CCCCCCCCc1cc(/C=C(/C#N)C(=O)OCC)sc1-c1cc(CCCCCCCC)c(-c2cc(CCCCCCCC)c(-c3ccc(-c4sc(-c5sc(-c6sc(/C=C(\C#N)C(=O)OCC)cc6CCCCCCCC)cc5CCCCCCCC)cc4CCCCCCCC)s3)s2)s1. The Hall–Kier alpha value is -4.70. The molecule has 0 unspecified atom stereocenters. The molecule has 0 aliphatic carbocycles. The number of hydrogen-bond acceptors (Lipinski definition) is 13. The highest BCUT2D eigenvalue weighted by Gasteiger charge is 2.26. The van der Waals surface area contributed by atoms with Crippen LogP contribution in [-0.2, 0) is 57.6 Å². The molecule has 6 nitrogen and oxygen atoms in total. The van der Waals surface area contributed by atoms with Crippen LogP contribution in [0.4, 0.5) is 0 Å². The van der Waals surface area contributed by atoms with Gasteiger partial charge in [-0.3, -0.25) is 0 Å². The van der Waals surface area contributed by atoms with Gasteiger partial charge in [0, 0.05) is 68.3 Å². The molecular formula is C88H122N2O4S7. The lowest BCUT2D eigenvalue weighted by atomic mass is 10.0. The lowest BCUT2D eigenvalue weighted by Crippen LogP contribution is -2.05. The molecule has 0 radical (unpaired) electrons. The highest BCUT2D eigenvalue weighted by atomic mass is 32.1. The van der Waals surface area contributed by atoms with Gasteiger partial charge in [-0.2, -0.15) is 10.5 Å². The normalized spacial score (nSPS) is 11.9. The number of aryl methyl sites for hydroxylation is 6. The van der Waals surface area contributed by atoms with Crippen LogP contribution in [-0.4, -0.2) is 25.2 Å². The molecule has 0 saturated heterocycles. The Kier molecular flexibility index (Phi) is 40.1. The van der Waals surface area contributed by atoms with Crippen molar-refractivity contribution in [3.8, 4) is 70.7 Å². The van der Waals surface area contributed by atoms with Crippen molar-refractivity contribution in [2.24, 2.45) is 0 Å². The summed E-state index contributed by atoms with van der Waals surface area (Å²) in [5.74, 6) is -1.11. The fourth-order valence-electron chi connectivity index (χ4n) is 13.7. The molecule has 7 rings (SSSR count). The maximum absolute atomic E-state index is 13.0. The van der Waals surface area contributed by atoms with Gasteiger partial charge in [0.05, 0.1) is 13.2 Å². The number of esters is 2. The minimum absolute atomic E-state index is 0.0540. The largest absolute Gasteiger partial charge is 0.462 e. The molecule has 7 aromatic heterocycles. The second-order valence-corrected chi connectivity index (χ2v) is 35.4. The van der Waals surface area contributed by atoms with Crippen molar-refractivity contribution in [3.05, 3.63) is 103 Å². The van der Waals surface area contributed by atoms with Gasteiger partial charge in [-0.1, -0.05) is 234 Å². The van der Waals surface area contributed by atoms with E-state index in [9.17, 15) is 20.1 Å². The topological polar surface area (TPSA) is 100 Å². The van der Waals surface area contributed by atoms with Crippen molar-refractivity contribution in [1.29, 1.82) is 10.5 Å². The number of nitrogens with zero attached hydrogens (tertiary/aromatic N) is 2. The van der Waals surface area contributed by atoms with Crippen LogP contribution in [0.5, 0.6) is 0 Å². The van der Waals surface area contributed by atoms with Gasteiger partial charge >= 0.3 is 11.9 Å². The molecular weight excluding hydrogens is 1370 g/mol. The van der Waals surface area contributed by atoms with Crippen LogP contribution in [0.15, 0.2) is 59.7 Å². The fourth-order valence-corrected chi connectivity index (χ4v) is 22.7. The van der Waals surface area contributed by atoms with E-state index >= 15 is 0 Å². The van der Waals surface area contributed by atoms with Crippen LogP contribution in [0.1, 0.15) is 330 Å². The Labute approximate surface area is 639 Å². The Morgan fingerprint density at radius 1 is 0.297 bits per heavy atom. The molecule has 0 saturated carbocycles. The van der Waals surface area contributed by atoms with E-state index < -0.39 is 11.9 Å². The van der Waals surface area contributed by atoms with Crippen molar-refractivity contribution < 1.29 is 19.1 Å². The highest BCUT2D eigenvalue weighted by molar-refractivity contribution is 7.31. The smallest absolute Gasteiger partial charge is 0.348 e. The summed E-state index contributed by atoms with van der Waals surface area (Å²) in [7, 11) is 0. The maximum Gasteiger partial charge on any atom is 0.348 e. The van der Waals surface area contributed by atoms with Crippen molar-refractivity contribution in [2.75, 3.05) is 13.2 Å². The minimum Gasteiger partial charge on any atom is -0.462 e. The highest BCUT2D eigenvalue weighted by Crippen LogP contribution is 2.53. The van der Waals surface area contributed by atoms with Gasteiger partial charge in [-0.05, 0) is 185 Å². The van der Waals surface area contributed by atoms with Crippen molar-refractivity contribution in [3.63, 3.8) is 0 Å². The monoisotopic (exact) mass is 1490 g/mol. The minimum atomic E-state index is -0.557. The van der Waals surface area contributed by atoms with Crippen LogP contribution in [0, 0.1) is 22.7 Å². The molecule has 550 valence electrons. The second kappa shape index (κ2) is 48.4. The number of unbranched alkanes of at least 4 members (excludes halogenated alkanes) is 30. The molecule has 0 bridgehead atoms. The van der Waals surface area contributed by atoms with Crippen LogP contribution in [0.25, 0.3) is 70.7 Å². The number of carbonyl (C=O) groups excluding carboxylic acids is 2. The van der Waals surface area contributed by atoms with Crippen molar-refractivity contribution in [2.45, 2.75) is 325 Å². The number of thiophene rings is 7. The molecule has 0 fully saturated rings. The van der Waals surface area contributed by atoms with Gasteiger partial charge in [-0.25, -0.2) is 9.59 Å². The zero-order chi connectivity index (χ0) is 71.8. The first-order chi connectivity index (χ1) is 49.5.